The lowest BCUT2D eigenvalue weighted by Crippen LogP contribution is -2.33. The summed E-state index contributed by atoms with van der Waals surface area (Å²) in [5.74, 6) is 0. The molecule has 0 bridgehead atoms. The molecular formula is C6H12N2. The summed E-state index contributed by atoms with van der Waals surface area (Å²) in [6.45, 7) is 5.99. The summed E-state index contributed by atoms with van der Waals surface area (Å²) in [7, 11) is 1.78. The second-order valence-electron chi connectivity index (χ2n) is 2.83. The van der Waals surface area contributed by atoms with E-state index < -0.39 is 0 Å². The van der Waals surface area contributed by atoms with Gasteiger partial charge in [0.05, 0.1) is 0 Å². The van der Waals surface area contributed by atoms with E-state index in [0.717, 1.165) is 0 Å². The fraction of sp³-hybridized carbons (Fsp3) is 0.833. The molecule has 0 fully saturated rings. The van der Waals surface area contributed by atoms with Crippen LogP contribution in [0.4, 0.5) is 0 Å². The molecule has 46 valence electrons. The third kappa shape index (κ3) is 1.83. The molecule has 8 heavy (non-hydrogen) atoms. The van der Waals surface area contributed by atoms with Gasteiger partial charge in [-0.3, -0.25) is 0 Å². The molecule has 0 aliphatic heterocycles. The van der Waals surface area contributed by atoms with Gasteiger partial charge in [0, 0.05) is 12.6 Å². The summed E-state index contributed by atoms with van der Waals surface area (Å²) in [5.41, 5.74) is -0.0191. The number of hydrogen-bond donors (Lipinski definition) is 0. The van der Waals surface area contributed by atoms with Crippen molar-refractivity contribution >= 4 is 0 Å². The van der Waals surface area contributed by atoms with Gasteiger partial charge in [-0.05, 0) is 20.8 Å². The molecule has 0 aromatic carbocycles. The molecule has 0 rings (SSSR count). The van der Waals surface area contributed by atoms with Crippen LogP contribution in [0.5, 0.6) is 0 Å². The fourth-order valence-corrected chi connectivity index (χ4v) is 0.150. The van der Waals surface area contributed by atoms with Crippen LogP contribution >= 0.6 is 0 Å². The topological polar surface area (TPSA) is 27.0 Å². The lowest BCUT2D eigenvalue weighted by Gasteiger charge is -2.25. The molecule has 0 heterocycles. The highest BCUT2D eigenvalue weighted by molar-refractivity contribution is 4.82. The van der Waals surface area contributed by atoms with E-state index in [1.807, 2.05) is 27.0 Å². The van der Waals surface area contributed by atoms with Crippen LogP contribution in [-0.4, -0.2) is 17.5 Å². The maximum absolute atomic E-state index is 8.35. The van der Waals surface area contributed by atoms with Crippen LogP contribution in [0.1, 0.15) is 20.8 Å². The first-order chi connectivity index (χ1) is 3.48. The predicted molar refractivity (Wildman–Crippen MR) is 33.1 cm³/mol. The van der Waals surface area contributed by atoms with E-state index >= 15 is 0 Å². The largest absolute Gasteiger partial charge is 0.308 e. The van der Waals surface area contributed by atoms with Gasteiger partial charge in [-0.25, -0.2) is 0 Å². The van der Waals surface area contributed by atoms with Crippen LogP contribution < -0.4 is 0 Å². The lowest BCUT2D eigenvalue weighted by atomic mass is 10.1. The van der Waals surface area contributed by atoms with Gasteiger partial charge in [-0.15, -0.1) is 0 Å². The third-order valence-corrected chi connectivity index (χ3v) is 1.16. The maximum atomic E-state index is 8.35. The molecule has 2 nitrogen and oxygen atoms in total. The highest BCUT2D eigenvalue weighted by Crippen LogP contribution is 2.07. The highest BCUT2D eigenvalue weighted by Gasteiger charge is 2.13. The minimum absolute atomic E-state index is 0.0191. The Morgan fingerprint density at radius 2 is 1.75 bits per heavy atom. The summed E-state index contributed by atoms with van der Waals surface area (Å²) in [6, 6.07) is 0. The molecule has 0 unspecified atom stereocenters. The number of nitriles is 1. The van der Waals surface area contributed by atoms with E-state index in [1.165, 1.54) is 0 Å². The van der Waals surface area contributed by atoms with Gasteiger partial charge in [0.1, 0.15) is 0 Å². The van der Waals surface area contributed by atoms with E-state index in [9.17, 15) is 0 Å². The van der Waals surface area contributed by atoms with Crippen LogP contribution in [0.25, 0.3) is 0 Å². The van der Waals surface area contributed by atoms with Gasteiger partial charge in [0.25, 0.3) is 0 Å². The Kier molecular flexibility index (Phi) is 1.86. The van der Waals surface area contributed by atoms with Crippen molar-refractivity contribution in [3.8, 4) is 6.19 Å². The Labute approximate surface area is 50.7 Å². The van der Waals surface area contributed by atoms with Crippen LogP contribution in [0.15, 0.2) is 0 Å². The zero-order valence-electron chi connectivity index (χ0n) is 5.89. The molecule has 0 spiro atoms. The Morgan fingerprint density at radius 1 is 1.38 bits per heavy atom. The third-order valence-electron chi connectivity index (χ3n) is 1.16. The van der Waals surface area contributed by atoms with E-state index in [2.05, 4.69) is 0 Å². The normalized spacial score (nSPS) is 10.4. The lowest BCUT2D eigenvalue weighted by molar-refractivity contribution is 0.262. The summed E-state index contributed by atoms with van der Waals surface area (Å²) in [6.07, 6.45) is 2.04. The number of nitrogens with zero attached hydrogens (tertiary/aromatic N) is 2. The molecule has 0 atom stereocenters. The zero-order valence-corrected chi connectivity index (χ0v) is 5.89. The Bertz CT molecular complexity index is 105. The molecule has 0 aliphatic carbocycles. The second-order valence-corrected chi connectivity index (χ2v) is 2.83. The molecule has 0 aliphatic rings. The second kappa shape index (κ2) is 2.04. The van der Waals surface area contributed by atoms with E-state index in [4.69, 9.17) is 5.26 Å². The van der Waals surface area contributed by atoms with E-state index in [0.29, 0.717) is 0 Å². The summed E-state index contributed by atoms with van der Waals surface area (Å²) < 4.78 is 0. The van der Waals surface area contributed by atoms with Crippen molar-refractivity contribution in [1.82, 2.24) is 4.90 Å². The minimum atomic E-state index is -0.0191. The van der Waals surface area contributed by atoms with Gasteiger partial charge in [-0.1, -0.05) is 0 Å². The summed E-state index contributed by atoms with van der Waals surface area (Å²) in [4.78, 5) is 1.62. The summed E-state index contributed by atoms with van der Waals surface area (Å²) >= 11 is 0. The highest BCUT2D eigenvalue weighted by atomic mass is 15.1. The van der Waals surface area contributed by atoms with Crippen molar-refractivity contribution in [3.05, 3.63) is 0 Å². The van der Waals surface area contributed by atoms with Crippen molar-refractivity contribution in [1.29, 1.82) is 5.26 Å². The van der Waals surface area contributed by atoms with E-state index in [1.54, 1.807) is 11.9 Å². The molecule has 0 saturated carbocycles. The number of hydrogen-bond acceptors (Lipinski definition) is 2. The number of rotatable bonds is 0. The summed E-state index contributed by atoms with van der Waals surface area (Å²) in [5, 5.41) is 8.35. The van der Waals surface area contributed by atoms with Gasteiger partial charge >= 0.3 is 0 Å². The van der Waals surface area contributed by atoms with Crippen molar-refractivity contribution in [2.24, 2.45) is 0 Å². The predicted octanol–water partition coefficient (Wildman–Crippen LogP) is 1.20. The first kappa shape index (κ1) is 7.29. The van der Waals surface area contributed by atoms with E-state index in [-0.39, 0.29) is 5.54 Å². The molecule has 0 saturated heterocycles. The van der Waals surface area contributed by atoms with Gasteiger partial charge in [-0.2, -0.15) is 5.26 Å². The van der Waals surface area contributed by atoms with Crippen LogP contribution in [-0.2, 0) is 0 Å². The Hall–Kier alpha value is -0.710. The van der Waals surface area contributed by atoms with Crippen LogP contribution in [0.3, 0.4) is 0 Å². The molecule has 2 heteroatoms. The molecular weight excluding hydrogens is 100 g/mol. The fourth-order valence-electron chi connectivity index (χ4n) is 0.150. The van der Waals surface area contributed by atoms with Crippen molar-refractivity contribution in [3.63, 3.8) is 0 Å². The Balaban J connectivity index is 3.87. The van der Waals surface area contributed by atoms with Crippen LogP contribution in [0.2, 0.25) is 0 Å². The van der Waals surface area contributed by atoms with Gasteiger partial charge in [0.15, 0.2) is 6.19 Å². The minimum Gasteiger partial charge on any atom is -0.308 e. The monoisotopic (exact) mass is 112 g/mol. The van der Waals surface area contributed by atoms with Gasteiger partial charge < -0.3 is 4.90 Å². The molecule has 0 amide bonds. The molecule has 0 aromatic heterocycles. The molecule has 0 aromatic rings. The first-order valence-corrected chi connectivity index (χ1v) is 2.62. The smallest absolute Gasteiger partial charge is 0.179 e. The van der Waals surface area contributed by atoms with Crippen molar-refractivity contribution in [2.75, 3.05) is 7.05 Å². The molecule has 0 radical (unpaired) electrons. The quantitative estimate of drug-likeness (QED) is 0.348. The van der Waals surface area contributed by atoms with Gasteiger partial charge in [0.2, 0.25) is 0 Å². The Morgan fingerprint density at radius 3 is 1.75 bits per heavy atom. The maximum Gasteiger partial charge on any atom is 0.179 e. The van der Waals surface area contributed by atoms with Crippen molar-refractivity contribution < 1.29 is 0 Å². The zero-order chi connectivity index (χ0) is 6.78. The molecule has 0 N–H and O–H groups in total. The average molecular weight is 112 g/mol. The van der Waals surface area contributed by atoms with Crippen LogP contribution in [0, 0.1) is 11.5 Å². The first-order valence-electron chi connectivity index (χ1n) is 2.62. The SMILES string of the molecule is CN(C#N)C(C)(C)C. The standard InChI is InChI=1S/C6H12N2/c1-6(2,3)8(4)5-7/h1-4H3. The van der Waals surface area contributed by atoms with Crippen molar-refractivity contribution in [2.45, 2.75) is 26.3 Å². The average Bonchev–Trinajstić information content (AvgIpc) is 1.62.